The van der Waals surface area contributed by atoms with E-state index in [1.807, 2.05) is 18.2 Å². The highest BCUT2D eigenvalue weighted by Gasteiger charge is 2.12. The molecular formula is C14H15ClN2O3S. The second-order valence-electron chi connectivity index (χ2n) is 4.39. The van der Waals surface area contributed by atoms with Crippen LogP contribution in [0, 0.1) is 0 Å². The highest BCUT2D eigenvalue weighted by Crippen LogP contribution is 2.27. The Morgan fingerprint density at radius 2 is 2.00 bits per heavy atom. The Balaban J connectivity index is 2.25. The molecule has 0 radical (unpaired) electrons. The topological polar surface area (TPSA) is 81.4 Å². The summed E-state index contributed by atoms with van der Waals surface area (Å²) in [5.41, 5.74) is 1.51. The summed E-state index contributed by atoms with van der Waals surface area (Å²) in [6.45, 7) is 0.477. The van der Waals surface area contributed by atoms with Crippen LogP contribution in [0.5, 0.6) is 5.75 Å². The minimum Gasteiger partial charge on any atom is -0.495 e. The summed E-state index contributed by atoms with van der Waals surface area (Å²) in [4.78, 5) is 0.0249. The lowest BCUT2D eigenvalue weighted by molar-refractivity contribution is 0.416. The fourth-order valence-corrected chi connectivity index (χ4v) is 2.60. The molecule has 0 heterocycles. The van der Waals surface area contributed by atoms with Gasteiger partial charge in [-0.25, -0.2) is 13.6 Å². The van der Waals surface area contributed by atoms with Gasteiger partial charge in [-0.2, -0.15) is 0 Å². The van der Waals surface area contributed by atoms with E-state index >= 15 is 0 Å². The first-order chi connectivity index (χ1) is 9.90. The number of anilines is 1. The third kappa shape index (κ3) is 4.10. The minimum atomic E-state index is -3.76. The van der Waals surface area contributed by atoms with Crippen LogP contribution < -0.4 is 15.2 Å². The van der Waals surface area contributed by atoms with Gasteiger partial charge in [0.2, 0.25) is 10.0 Å². The summed E-state index contributed by atoms with van der Waals surface area (Å²) >= 11 is 5.92. The van der Waals surface area contributed by atoms with Crippen LogP contribution in [0.1, 0.15) is 5.56 Å². The van der Waals surface area contributed by atoms with Gasteiger partial charge in [-0.1, -0.05) is 23.7 Å². The number of hydrogen-bond acceptors (Lipinski definition) is 4. The van der Waals surface area contributed by atoms with Gasteiger partial charge in [0.15, 0.2) is 0 Å². The van der Waals surface area contributed by atoms with Gasteiger partial charge in [0.25, 0.3) is 0 Å². The number of methoxy groups -OCH3 is 1. The summed E-state index contributed by atoms with van der Waals surface area (Å²) < 4.78 is 28.0. The van der Waals surface area contributed by atoms with E-state index in [1.165, 1.54) is 19.2 Å². The van der Waals surface area contributed by atoms with E-state index in [-0.39, 0.29) is 4.90 Å². The van der Waals surface area contributed by atoms with E-state index in [2.05, 4.69) is 5.32 Å². The first-order valence-corrected chi connectivity index (χ1v) is 8.02. The molecule has 2 rings (SSSR count). The molecule has 0 aliphatic heterocycles. The minimum absolute atomic E-state index is 0.0249. The van der Waals surface area contributed by atoms with Crippen LogP contribution in [-0.2, 0) is 16.6 Å². The van der Waals surface area contributed by atoms with Crippen molar-refractivity contribution in [1.29, 1.82) is 0 Å². The van der Waals surface area contributed by atoms with Crippen LogP contribution in [0.2, 0.25) is 5.02 Å². The Morgan fingerprint density at radius 1 is 1.24 bits per heavy atom. The van der Waals surface area contributed by atoms with Crippen molar-refractivity contribution in [1.82, 2.24) is 0 Å². The summed E-state index contributed by atoms with van der Waals surface area (Å²) in [5.74, 6) is 0.532. The average molecular weight is 327 g/mol. The second-order valence-corrected chi connectivity index (χ2v) is 6.39. The Morgan fingerprint density at radius 3 is 2.62 bits per heavy atom. The summed E-state index contributed by atoms with van der Waals surface area (Å²) in [6, 6.07) is 11.8. The van der Waals surface area contributed by atoms with Crippen LogP contribution >= 0.6 is 11.6 Å². The molecule has 2 aromatic rings. The van der Waals surface area contributed by atoms with Crippen LogP contribution in [-0.4, -0.2) is 15.5 Å². The largest absolute Gasteiger partial charge is 0.495 e. The molecule has 2 aromatic carbocycles. The third-order valence-corrected chi connectivity index (χ3v) is 4.02. The standard InChI is InChI=1S/C14H15ClN2O3S/c1-20-14-6-5-12(21(16,18)19)8-13(14)17-9-10-3-2-4-11(15)7-10/h2-8,17H,9H2,1H3,(H2,16,18,19). The molecule has 5 nitrogen and oxygen atoms in total. The van der Waals surface area contributed by atoms with Crippen molar-refractivity contribution in [2.75, 3.05) is 12.4 Å². The first kappa shape index (κ1) is 15.6. The summed E-state index contributed by atoms with van der Waals surface area (Å²) in [7, 11) is -2.25. The Bertz CT molecular complexity index is 748. The van der Waals surface area contributed by atoms with Crippen LogP contribution in [0.4, 0.5) is 5.69 Å². The SMILES string of the molecule is COc1ccc(S(N)(=O)=O)cc1NCc1cccc(Cl)c1. The number of nitrogens with one attached hydrogen (secondary N) is 1. The number of ether oxygens (including phenoxy) is 1. The second kappa shape index (κ2) is 6.34. The van der Waals surface area contributed by atoms with Crippen molar-refractivity contribution in [3.8, 4) is 5.75 Å². The van der Waals surface area contributed by atoms with Crippen LogP contribution in [0.3, 0.4) is 0 Å². The molecule has 0 aliphatic carbocycles. The molecule has 0 bridgehead atoms. The molecule has 0 unspecified atom stereocenters. The van der Waals surface area contributed by atoms with E-state index < -0.39 is 10.0 Å². The summed E-state index contributed by atoms with van der Waals surface area (Å²) in [5, 5.41) is 8.89. The number of sulfonamides is 1. The lowest BCUT2D eigenvalue weighted by Gasteiger charge is -2.12. The third-order valence-electron chi connectivity index (χ3n) is 2.87. The van der Waals surface area contributed by atoms with Crippen LogP contribution in [0.15, 0.2) is 47.4 Å². The molecule has 112 valence electrons. The molecule has 3 N–H and O–H groups in total. The number of benzene rings is 2. The molecule has 0 aliphatic rings. The quantitative estimate of drug-likeness (QED) is 0.885. The fourth-order valence-electron chi connectivity index (χ4n) is 1.85. The van der Waals surface area contributed by atoms with Gasteiger partial charge in [0, 0.05) is 11.6 Å². The van der Waals surface area contributed by atoms with Gasteiger partial charge in [-0.05, 0) is 35.9 Å². The molecule has 0 amide bonds. The van der Waals surface area contributed by atoms with E-state index in [0.717, 1.165) is 5.56 Å². The van der Waals surface area contributed by atoms with Crippen molar-refractivity contribution in [3.63, 3.8) is 0 Å². The number of hydrogen-bond donors (Lipinski definition) is 2. The maximum Gasteiger partial charge on any atom is 0.238 e. The van der Waals surface area contributed by atoms with Crippen molar-refractivity contribution in [3.05, 3.63) is 53.1 Å². The van der Waals surface area contributed by atoms with Crippen molar-refractivity contribution >= 4 is 27.3 Å². The van der Waals surface area contributed by atoms with Crippen LogP contribution in [0.25, 0.3) is 0 Å². The van der Waals surface area contributed by atoms with E-state index in [4.69, 9.17) is 21.5 Å². The zero-order valence-electron chi connectivity index (χ0n) is 11.3. The van der Waals surface area contributed by atoms with Crippen molar-refractivity contribution in [2.45, 2.75) is 11.4 Å². The lowest BCUT2D eigenvalue weighted by Crippen LogP contribution is -2.12. The maximum absolute atomic E-state index is 11.4. The molecule has 0 saturated heterocycles. The molecule has 0 atom stereocenters. The van der Waals surface area contributed by atoms with Gasteiger partial charge in [0.1, 0.15) is 5.75 Å². The molecule has 0 spiro atoms. The fraction of sp³-hybridized carbons (Fsp3) is 0.143. The van der Waals surface area contributed by atoms with Crippen molar-refractivity contribution < 1.29 is 13.2 Å². The Hall–Kier alpha value is -1.76. The summed E-state index contributed by atoms with van der Waals surface area (Å²) in [6.07, 6.45) is 0. The van der Waals surface area contributed by atoms with E-state index in [9.17, 15) is 8.42 Å². The normalized spacial score (nSPS) is 11.2. The molecule has 0 fully saturated rings. The molecule has 0 saturated carbocycles. The Labute approximate surface area is 128 Å². The van der Waals surface area contributed by atoms with Gasteiger partial charge in [0.05, 0.1) is 17.7 Å². The average Bonchev–Trinajstić information content (AvgIpc) is 2.44. The molecular weight excluding hydrogens is 312 g/mol. The monoisotopic (exact) mass is 326 g/mol. The Kier molecular flexibility index (Phi) is 4.72. The maximum atomic E-state index is 11.4. The van der Waals surface area contributed by atoms with Gasteiger partial charge in [-0.3, -0.25) is 0 Å². The van der Waals surface area contributed by atoms with E-state index in [1.54, 1.807) is 12.1 Å². The highest BCUT2D eigenvalue weighted by molar-refractivity contribution is 7.89. The smallest absolute Gasteiger partial charge is 0.238 e. The molecule has 0 aromatic heterocycles. The first-order valence-electron chi connectivity index (χ1n) is 6.09. The van der Waals surface area contributed by atoms with Gasteiger partial charge in [-0.15, -0.1) is 0 Å². The highest BCUT2D eigenvalue weighted by atomic mass is 35.5. The van der Waals surface area contributed by atoms with Gasteiger partial charge >= 0.3 is 0 Å². The lowest BCUT2D eigenvalue weighted by atomic mass is 10.2. The molecule has 21 heavy (non-hydrogen) atoms. The number of halogens is 1. The zero-order valence-corrected chi connectivity index (χ0v) is 12.9. The van der Waals surface area contributed by atoms with Crippen molar-refractivity contribution in [2.24, 2.45) is 5.14 Å². The van der Waals surface area contributed by atoms with E-state index in [0.29, 0.717) is 23.0 Å². The number of rotatable bonds is 5. The predicted octanol–water partition coefficient (Wildman–Crippen LogP) is 2.61. The predicted molar refractivity (Wildman–Crippen MR) is 83.1 cm³/mol. The zero-order chi connectivity index (χ0) is 15.5. The number of primary sulfonamides is 1. The number of nitrogens with two attached hydrogens (primary N) is 1. The van der Waals surface area contributed by atoms with Gasteiger partial charge < -0.3 is 10.1 Å². The molecule has 7 heteroatoms.